The van der Waals surface area contributed by atoms with E-state index < -0.39 is 9.84 Å². The fourth-order valence-electron chi connectivity index (χ4n) is 2.76. The van der Waals surface area contributed by atoms with Crippen molar-refractivity contribution in [3.05, 3.63) is 30.1 Å². The third-order valence-electron chi connectivity index (χ3n) is 4.01. The van der Waals surface area contributed by atoms with Crippen molar-refractivity contribution in [1.29, 1.82) is 0 Å². The first-order valence-corrected chi connectivity index (χ1v) is 10.2. The summed E-state index contributed by atoms with van der Waals surface area (Å²) in [4.78, 5) is 4.05. The molecule has 1 atom stereocenters. The van der Waals surface area contributed by atoms with Crippen LogP contribution in [0.15, 0.2) is 24.3 Å². The Kier molecular flexibility index (Phi) is 6.54. The molecule has 0 amide bonds. The van der Waals surface area contributed by atoms with Gasteiger partial charge in [0.2, 0.25) is 0 Å². The third kappa shape index (κ3) is 5.68. The molecule has 0 aliphatic carbocycles. The zero-order valence-corrected chi connectivity index (χ0v) is 15.7. The van der Waals surface area contributed by atoms with Gasteiger partial charge >= 0.3 is 0 Å². The van der Waals surface area contributed by atoms with Crippen molar-refractivity contribution in [1.82, 2.24) is 9.80 Å². The van der Waals surface area contributed by atoms with Gasteiger partial charge in [-0.3, -0.25) is 0 Å². The second-order valence-corrected chi connectivity index (χ2v) is 8.96. The molecule has 134 valence electrons. The van der Waals surface area contributed by atoms with E-state index in [1.165, 1.54) is 12.1 Å². The monoisotopic (exact) mass is 373 g/mol. The molecule has 1 saturated heterocycles. The van der Waals surface area contributed by atoms with Gasteiger partial charge in [-0.2, -0.15) is 0 Å². The summed E-state index contributed by atoms with van der Waals surface area (Å²) >= 11 is 5.49. The molecule has 1 heterocycles. The van der Waals surface area contributed by atoms with Gasteiger partial charge in [0, 0.05) is 18.3 Å². The van der Waals surface area contributed by atoms with Gasteiger partial charge < -0.3 is 15.1 Å². The zero-order valence-electron chi connectivity index (χ0n) is 14.0. The van der Waals surface area contributed by atoms with Gasteiger partial charge in [-0.05, 0) is 70.0 Å². The Bertz CT molecular complexity index is 662. The lowest BCUT2D eigenvalue weighted by atomic mass is 10.2. The number of hydrogen-bond donors (Lipinski definition) is 1. The van der Waals surface area contributed by atoms with Crippen LogP contribution < -0.4 is 5.32 Å². The standard InChI is InChI=1S/C16H24FN3O2S2/c1-19(2)9-3-10-20(15-8-11-24(21,22)12-15)16(23)18-14-6-4-13(17)5-7-14/h4-7,15H,3,8-12H2,1-2H3,(H,18,23)/t15-/m0/s1. The van der Waals surface area contributed by atoms with Crippen LogP contribution in [0, 0.1) is 5.82 Å². The maximum absolute atomic E-state index is 13.0. The molecule has 1 N–H and O–H groups in total. The van der Waals surface area contributed by atoms with Gasteiger partial charge in [-0.1, -0.05) is 0 Å². The number of nitrogens with one attached hydrogen (secondary N) is 1. The average Bonchev–Trinajstić information content (AvgIpc) is 2.85. The van der Waals surface area contributed by atoms with Gasteiger partial charge in [0.1, 0.15) is 5.82 Å². The Morgan fingerprint density at radius 1 is 1.29 bits per heavy atom. The van der Waals surface area contributed by atoms with Crippen molar-refractivity contribution >= 4 is 32.9 Å². The summed E-state index contributed by atoms with van der Waals surface area (Å²) in [6, 6.07) is 5.86. The molecule has 1 aliphatic rings. The summed E-state index contributed by atoms with van der Waals surface area (Å²) in [5.41, 5.74) is 0.694. The molecule has 8 heteroatoms. The second kappa shape index (κ2) is 8.22. The zero-order chi connectivity index (χ0) is 17.7. The van der Waals surface area contributed by atoms with Gasteiger partial charge in [0.25, 0.3) is 0 Å². The summed E-state index contributed by atoms with van der Waals surface area (Å²) in [5.74, 6) is 0.0393. The van der Waals surface area contributed by atoms with E-state index in [2.05, 4.69) is 10.2 Å². The fraction of sp³-hybridized carbons (Fsp3) is 0.562. The van der Waals surface area contributed by atoms with E-state index in [-0.39, 0.29) is 23.4 Å². The van der Waals surface area contributed by atoms with Crippen molar-refractivity contribution in [3.8, 4) is 0 Å². The SMILES string of the molecule is CN(C)CCCN(C(=S)Nc1ccc(F)cc1)[C@H]1CCS(=O)(=O)C1. The predicted molar refractivity (Wildman–Crippen MR) is 99.6 cm³/mol. The van der Waals surface area contributed by atoms with E-state index in [1.54, 1.807) is 12.1 Å². The number of nitrogens with zero attached hydrogens (tertiary/aromatic N) is 2. The van der Waals surface area contributed by atoms with Crippen molar-refractivity contribution in [2.45, 2.75) is 18.9 Å². The molecule has 0 unspecified atom stereocenters. The number of thiocarbonyl (C=S) groups is 1. The van der Waals surface area contributed by atoms with Crippen molar-refractivity contribution in [2.75, 3.05) is 44.0 Å². The molecular weight excluding hydrogens is 349 g/mol. The molecular formula is C16H24FN3O2S2. The maximum Gasteiger partial charge on any atom is 0.173 e. The van der Waals surface area contributed by atoms with E-state index in [0.717, 1.165) is 13.0 Å². The third-order valence-corrected chi connectivity index (χ3v) is 6.10. The minimum atomic E-state index is -2.98. The number of rotatable bonds is 6. The van der Waals surface area contributed by atoms with E-state index in [9.17, 15) is 12.8 Å². The smallest absolute Gasteiger partial charge is 0.173 e. The van der Waals surface area contributed by atoms with Gasteiger partial charge in [0.05, 0.1) is 11.5 Å². The first kappa shape index (κ1) is 19.1. The number of anilines is 1. The average molecular weight is 374 g/mol. The summed E-state index contributed by atoms with van der Waals surface area (Å²) < 4.78 is 36.6. The molecule has 0 aromatic heterocycles. The highest BCUT2D eigenvalue weighted by Crippen LogP contribution is 2.20. The van der Waals surface area contributed by atoms with Crippen LogP contribution in [0.4, 0.5) is 10.1 Å². The Morgan fingerprint density at radius 2 is 1.96 bits per heavy atom. The quantitative estimate of drug-likeness (QED) is 0.770. The lowest BCUT2D eigenvalue weighted by Gasteiger charge is -2.31. The fourth-order valence-corrected chi connectivity index (χ4v) is 4.85. The normalized spacial score (nSPS) is 19.4. The van der Waals surface area contributed by atoms with Crippen molar-refractivity contribution < 1.29 is 12.8 Å². The first-order valence-electron chi connectivity index (χ1n) is 7.95. The number of benzene rings is 1. The van der Waals surface area contributed by atoms with Crippen LogP contribution in [0.2, 0.25) is 0 Å². The van der Waals surface area contributed by atoms with Crippen LogP contribution in [-0.2, 0) is 9.84 Å². The molecule has 1 aliphatic heterocycles. The number of hydrogen-bond acceptors (Lipinski definition) is 4. The van der Waals surface area contributed by atoms with Gasteiger partial charge in [0.15, 0.2) is 14.9 Å². The molecule has 0 radical (unpaired) electrons. The lowest BCUT2D eigenvalue weighted by Crippen LogP contribution is -2.44. The van der Waals surface area contributed by atoms with Crippen molar-refractivity contribution in [2.24, 2.45) is 0 Å². The molecule has 1 fully saturated rings. The minimum absolute atomic E-state index is 0.0994. The highest BCUT2D eigenvalue weighted by atomic mass is 32.2. The predicted octanol–water partition coefficient (Wildman–Crippen LogP) is 1.96. The van der Waals surface area contributed by atoms with Gasteiger partial charge in [-0.15, -0.1) is 0 Å². The Hall–Kier alpha value is -1.25. The second-order valence-electron chi connectivity index (χ2n) is 6.34. The van der Waals surface area contributed by atoms with Crippen LogP contribution in [0.25, 0.3) is 0 Å². The maximum atomic E-state index is 13.0. The molecule has 24 heavy (non-hydrogen) atoms. The highest BCUT2D eigenvalue weighted by molar-refractivity contribution is 7.91. The topological polar surface area (TPSA) is 52.6 Å². The lowest BCUT2D eigenvalue weighted by molar-refractivity contribution is 0.306. The van der Waals surface area contributed by atoms with Crippen LogP contribution in [-0.4, -0.2) is 68.1 Å². The van der Waals surface area contributed by atoms with Gasteiger partial charge in [-0.25, -0.2) is 12.8 Å². The summed E-state index contributed by atoms with van der Waals surface area (Å²) in [5, 5.41) is 3.58. The molecule has 1 aromatic carbocycles. The van der Waals surface area contributed by atoms with E-state index in [0.29, 0.717) is 23.8 Å². The van der Waals surface area contributed by atoms with E-state index >= 15 is 0 Å². The summed E-state index contributed by atoms with van der Waals surface area (Å²) in [7, 11) is 1.02. The first-order chi connectivity index (χ1) is 11.3. The number of sulfone groups is 1. The van der Waals surface area contributed by atoms with Crippen molar-refractivity contribution in [3.63, 3.8) is 0 Å². The van der Waals surface area contributed by atoms with E-state index in [4.69, 9.17) is 12.2 Å². The minimum Gasteiger partial charge on any atom is -0.345 e. The summed E-state index contributed by atoms with van der Waals surface area (Å²) in [6.07, 6.45) is 1.48. The molecule has 0 spiro atoms. The molecule has 0 bridgehead atoms. The molecule has 0 saturated carbocycles. The Labute approximate surface area is 148 Å². The molecule has 1 aromatic rings. The van der Waals surface area contributed by atoms with E-state index in [1.807, 2.05) is 19.0 Å². The Morgan fingerprint density at radius 3 is 2.50 bits per heavy atom. The van der Waals surface area contributed by atoms with Crippen LogP contribution in [0.5, 0.6) is 0 Å². The van der Waals surface area contributed by atoms with Crippen LogP contribution >= 0.6 is 12.2 Å². The number of halogens is 1. The largest absolute Gasteiger partial charge is 0.345 e. The van der Waals surface area contributed by atoms with Crippen LogP contribution in [0.3, 0.4) is 0 Å². The van der Waals surface area contributed by atoms with Crippen LogP contribution in [0.1, 0.15) is 12.8 Å². The summed E-state index contributed by atoms with van der Waals surface area (Å²) in [6.45, 7) is 1.58. The molecule has 2 rings (SSSR count). The Balaban J connectivity index is 2.05. The molecule has 5 nitrogen and oxygen atoms in total. The highest BCUT2D eigenvalue weighted by Gasteiger charge is 2.33.